The van der Waals surface area contributed by atoms with Gasteiger partial charge >= 0.3 is 6.18 Å². The van der Waals surface area contributed by atoms with Gasteiger partial charge in [0.1, 0.15) is 5.75 Å². The van der Waals surface area contributed by atoms with Crippen LogP contribution >= 0.6 is 23.2 Å². The van der Waals surface area contributed by atoms with E-state index in [4.69, 9.17) is 27.9 Å². The van der Waals surface area contributed by atoms with Gasteiger partial charge in [-0.15, -0.1) is 0 Å². The van der Waals surface area contributed by atoms with E-state index < -0.39 is 18.6 Å². The minimum Gasteiger partial charge on any atom is -0.492 e. The number of benzene rings is 1. The molecule has 1 N–H and O–H groups in total. The second-order valence-corrected chi connectivity index (χ2v) is 4.98. The first-order valence-corrected chi connectivity index (χ1v) is 6.96. The van der Waals surface area contributed by atoms with Crippen LogP contribution in [0.4, 0.5) is 13.2 Å². The molecule has 1 atom stereocenters. The fraction of sp³-hybridized carbons (Fsp3) is 0.538. The molecule has 0 aromatic heterocycles. The van der Waals surface area contributed by atoms with E-state index in [-0.39, 0.29) is 10.0 Å². The zero-order valence-corrected chi connectivity index (χ0v) is 12.7. The molecule has 0 aliphatic carbocycles. The first-order valence-electron chi connectivity index (χ1n) is 6.20. The van der Waals surface area contributed by atoms with Crippen molar-refractivity contribution >= 4 is 23.2 Å². The van der Waals surface area contributed by atoms with Crippen molar-refractivity contribution in [3.63, 3.8) is 0 Å². The van der Waals surface area contributed by atoms with Gasteiger partial charge in [0.15, 0.2) is 0 Å². The zero-order chi connectivity index (χ0) is 15.3. The number of hydrogen-bond donors (Lipinski definition) is 1. The molecule has 0 bridgehead atoms. The Balaban J connectivity index is 3.10. The normalized spacial score (nSPS) is 13.3. The average molecular weight is 330 g/mol. The van der Waals surface area contributed by atoms with Crippen LogP contribution in [0.5, 0.6) is 5.75 Å². The summed E-state index contributed by atoms with van der Waals surface area (Å²) < 4.78 is 43.1. The van der Waals surface area contributed by atoms with Crippen molar-refractivity contribution in [1.82, 2.24) is 5.32 Å². The summed E-state index contributed by atoms with van der Waals surface area (Å²) in [7, 11) is 0. The van der Waals surface area contributed by atoms with Gasteiger partial charge in [-0.2, -0.15) is 13.2 Å². The molecule has 114 valence electrons. The highest BCUT2D eigenvalue weighted by Gasteiger charge is 2.33. The maximum Gasteiger partial charge on any atom is 0.390 e. The minimum absolute atomic E-state index is 0.202. The van der Waals surface area contributed by atoms with Crippen LogP contribution in [-0.4, -0.2) is 19.3 Å². The summed E-state index contributed by atoms with van der Waals surface area (Å²) in [5.74, 6) is 0.366. The van der Waals surface area contributed by atoms with Crippen molar-refractivity contribution in [2.24, 2.45) is 0 Å². The lowest BCUT2D eigenvalue weighted by atomic mass is 10.0. The van der Waals surface area contributed by atoms with Gasteiger partial charge in [-0.25, -0.2) is 0 Å². The largest absolute Gasteiger partial charge is 0.492 e. The van der Waals surface area contributed by atoms with Crippen molar-refractivity contribution in [2.45, 2.75) is 32.5 Å². The topological polar surface area (TPSA) is 21.3 Å². The molecule has 7 heteroatoms. The van der Waals surface area contributed by atoms with Crippen LogP contribution < -0.4 is 10.1 Å². The van der Waals surface area contributed by atoms with Gasteiger partial charge in [-0.05, 0) is 25.1 Å². The molecule has 20 heavy (non-hydrogen) atoms. The van der Waals surface area contributed by atoms with E-state index in [1.165, 1.54) is 12.1 Å². The average Bonchev–Trinajstić information content (AvgIpc) is 2.31. The summed E-state index contributed by atoms with van der Waals surface area (Å²) in [5.41, 5.74) is 0.319. The van der Waals surface area contributed by atoms with Gasteiger partial charge in [0.2, 0.25) is 0 Å². The molecule has 0 saturated carbocycles. The lowest BCUT2D eigenvalue weighted by Gasteiger charge is -2.22. The molecule has 0 amide bonds. The van der Waals surface area contributed by atoms with Crippen molar-refractivity contribution in [3.05, 3.63) is 27.7 Å². The Morgan fingerprint density at radius 3 is 2.35 bits per heavy atom. The number of hydrogen-bond acceptors (Lipinski definition) is 2. The maximum absolute atomic E-state index is 12.6. The van der Waals surface area contributed by atoms with Crippen molar-refractivity contribution in [1.29, 1.82) is 0 Å². The highest BCUT2D eigenvalue weighted by Crippen LogP contribution is 2.38. The molecule has 1 unspecified atom stereocenters. The SMILES string of the molecule is CCNC(CC(F)(F)F)c1cc(Cl)c(OCC)cc1Cl. The van der Waals surface area contributed by atoms with Crippen LogP contribution in [0.15, 0.2) is 12.1 Å². The van der Waals surface area contributed by atoms with Gasteiger partial charge in [0.25, 0.3) is 0 Å². The van der Waals surface area contributed by atoms with E-state index in [0.717, 1.165) is 0 Å². The summed E-state index contributed by atoms with van der Waals surface area (Å²) in [6.45, 7) is 4.30. The Bertz CT molecular complexity index is 452. The van der Waals surface area contributed by atoms with E-state index >= 15 is 0 Å². The number of rotatable bonds is 6. The smallest absolute Gasteiger partial charge is 0.390 e. The lowest BCUT2D eigenvalue weighted by Crippen LogP contribution is -2.26. The standard InChI is InChI=1S/C13H16Cl2F3NO/c1-3-19-11(7-13(16,17)18)8-5-10(15)12(20-4-2)6-9(8)14/h5-6,11,19H,3-4,7H2,1-2H3. The quantitative estimate of drug-likeness (QED) is 0.793. The van der Waals surface area contributed by atoms with E-state index in [2.05, 4.69) is 5.32 Å². The molecule has 1 aromatic carbocycles. The Morgan fingerprint density at radius 1 is 1.20 bits per heavy atom. The molecular weight excluding hydrogens is 314 g/mol. The highest BCUT2D eigenvalue weighted by atomic mass is 35.5. The van der Waals surface area contributed by atoms with E-state index in [1.807, 2.05) is 0 Å². The molecule has 0 saturated heterocycles. The molecule has 2 nitrogen and oxygen atoms in total. The highest BCUT2D eigenvalue weighted by molar-refractivity contribution is 6.34. The maximum atomic E-state index is 12.6. The van der Waals surface area contributed by atoms with Crippen LogP contribution in [0.2, 0.25) is 10.0 Å². The molecule has 0 spiro atoms. The lowest BCUT2D eigenvalue weighted by molar-refractivity contribution is -0.140. The summed E-state index contributed by atoms with van der Waals surface area (Å²) in [6, 6.07) is 1.94. The third-order valence-electron chi connectivity index (χ3n) is 2.61. The first-order chi connectivity index (χ1) is 9.28. The molecule has 0 aliphatic rings. The van der Waals surface area contributed by atoms with E-state index in [0.29, 0.717) is 24.5 Å². The monoisotopic (exact) mass is 329 g/mol. The predicted molar refractivity (Wildman–Crippen MR) is 74.7 cm³/mol. The Labute approximate surface area is 126 Å². The summed E-state index contributed by atoms with van der Waals surface area (Å²) in [6.07, 6.45) is -5.30. The number of alkyl halides is 3. The van der Waals surface area contributed by atoms with E-state index in [9.17, 15) is 13.2 Å². The fourth-order valence-corrected chi connectivity index (χ4v) is 2.36. The van der Waals surface area contributed by atoms with Crippen LogP contribution in [-0.2, 0) is 0 Å². The van der Waals surface area contributed by atoms with Gasteiger partial charge in [-0.3, -0.25) is 0 Å². The molecule has 0 fully saturated rings. The van der Waals surface area contributed by atoms with Crippen molar-refractivity contribution in [3.8, 4) is 5.75 Å². The zero-order valence-electron chi connectivity index (χ0n) is 11.2. The molecule has 1 aromatic rings. The van der Waals surface area contributed by atoms with Crippen molar-refractivity contribution < 1.29 is 17.9 Å². The van der Waals surface area contributed by atoms with Gasteiger partial charge < -0.3 is 10.1 Å². The van der Waals surface area contributed by atoms with Gasteiger partial charge in [-0.1, -0.05) is 30.1 Å². The van der Waals surface area contributed by atoms with E-state index in [1.54, 1.807) is 13.8 Å². The summed E-state index contributed by atoms with van der Waals surface area (Å²) >= 11 is 12.1. The Kier molecular flexibility index (Phi) is 6.43. The third kappa shape index (κ3) is 5.04. The summed E-state index contributed by atoms with van der Waals surface area (Å²) in [5, 5.41) is 3.22. The first kappa shape index (κ1) is 17.4. The Morgan fingerprint density at radius 2 is 1.85 bits per heavy atom. The predicted octanol–water partition coefficient (Wildman–Crippen LogP) is 5.00. The van der Waals surface area contributed by atoms with Gasteiger partial charge in [0.05, 0.1) is 18.1 Å². The molecule has 0 radical (unpaired) electrons. The number of ether oxygens (including phenoxy) is 1. The molecular formula is C13H16Cl2F3NO. The summed E-state index contributed by atoms with van der Waals surface area (Å²) in [4.78, 5) is 0. The van der Waals surface area contributed by atoms with Gasteiger partial charge in [0, 0.05) is 17.1 Å². The molecule has 1 rings (SSSR count). The Hall–Kier alpha value is -0.650. The van der Waals surface area contributed by atoms with Crippen LogP contribution in [0.1, 0.15) is 31.9 Å². The second-order valence-electron chi connectivity index (χ2n) is 4.17. The molecule has 0 heterocycles. The molecule has 0 aliphatic heterocycles. The number of halogens is 5. The van der Waals surface area contributed by atoms with Crippen LogP contribution in [0, 0.1) is 0 Å². The minimum atomic E-state index is -4.29. The second kappa shape index (κ2) is 7.38. The van der Waals surface area contributed by atoms with Crippen LogP contribution in [0.3, 0.4) is 0 Å². The fourth-order valence-electron chi connectivity index (χ4n) is 1.85. The van der Waals surface area contributed by atoms with Crippen LogP contribution in [0.25, 0.3) is 0 Å². The third-order valence-corrected chi connectivity index (χ3v) is 3.24. The number of nitrogens with one attached hydrogen (secondary N) is 1. The van der Waals surface area contributed by atoms with Crippen molar-refractivity contribution in [2.75, 3.05) is 13.2 Å².